The molecule has 1 aliphatic heterocycles. The van der Waals surface area contributed by atoms with Crippen LogP contribution in [0.5, 0.6) is 0 Å². The molecule has 0 spiro atoms. The van der Waals surface area contributed by atoms with E-state index >= 15 is 0 Å². The number of aromatic nitrogens is 2. The molecule has 0 amide bonds. The van der Waals surface area contributed by atoms with E-state index in [-0.39, 0.29) is 5.60 Å². The first-order valence-electron chi connectivity index (χ1n) is 6.40. The Kier molecular flexibility index (Phi) is 3.71. The van der Waals surface area contributed by atoms with Crippen LogP contribution in [-0.2, 0) is 4.74 Å². The smallest absolute Gasteiger partial charge is 0.224 e. The highest BCUT2D eigenvalue weighted by Gasteiger charge is 2.31. The Morgan fingerprint density at radius 3 is 2.89 bits per heavy atom. The minimum atomic E-state index is -0.0725. The van der Waals surface area contributed by atoms with Gasteiger partial charge in [-0.1, -0.05) is 0 Å². The van der Waals surface area contributed by atoms with Crippen LogP contribution in [0.15, 0.2) is 6.07 Å². The monoisotopic (exact) mass is 250 g/mol. The van der Waals surface area contributed by atoms with Gasteiger partial charge in [0.25, 0.3) is 0 Å². The van der Waals surface area contributed by atoms with E-state index in [2.05, 4.69) is 27.1 Å². The number of nitrogens with one attached hydrogen (secondary N) is 1. The summed E-state index contributed by atoms with van der Waals surface area (Å²) >= 11 is 0. The lowest BCUT2D eigenvalue weighted by molar-refractivity contribution is -0.00481. The fourth-order valence-electron chi connectivity index (χ4n) is 2.39. The van der Waals surface area contributed by atoms with E-state index in [1.54, 1.807) is 7.11 Å². The van der Waals surface area contributed by atoms with E-state index in [0.29, 0.717) is 5.95 Å². The van der Waals surface area contributed by atoms with Gasteiger partial charge >= 0.3 is 0 Å². The predicted molar refractivity (Wildman–Crippen MR) is 73.2 cm³/mol. The Morgan fingerprint density at radius 2 is 2.22 bits per heavy atom. The molecular formula is C13H22N4O. The maximum absolute atomic E-state index is 5.62. The van der Waals surface area contributed by atoms with Crippen molar-refractivity contribution in [3.05, 3.63) is 11.8 Å². The molecule has 1 atom stereocenters. The highest BCUT2D eigenvalue weighted by molar-refractivity contribution is 5.45. The molecule has 1 aromatic rings. The molecule has 1 fully saturated rings. The van der Waals surface area contributed by atoms with Crippen molar-refractivity contribution in [2.75, 3.05) is 37.5 Å². The molecule has 0 aromatic carbocycles. The first kappa shape index (κ1) is 13.1. The van der Waals surface area contributed by atoms with Crippen LogP contribution in [0.1, 0.15) is 25.5 Å². The molecule has 0 saturated carbocycles. The number of methoxy groups -OCH3 is 1. The van der Waals surface area contributed by atoms with E-state index in [1.807, 2.05) is 20.0 Å². The van der Waals surface area contributed by atoms with Crippen molar-refractivity contribution < 1.29 is 4.74 Å². The van der Waals surface area contributed by atoms with Crippen LogP contribution in [0.2, 0.25) is 0 Å². The molecule has 1 aliphatic rings. The molecule has 2 heterocycles. The first-order chi connectivity index (χ1) is 8.56. The molecule has 0 bridgehead atoms. The maximum atomic E-state index is 5.62. The highest BCUT2D eigenvalue weighted by Crippen LogP contribution is 2.27. The number of nitrogens with zero attached hydrogens (tertiary/aromatic N) is 3. The second kappa shape index (κ2) is 5.10. The van der Waals surface area contributed by atoms with Crippen LogP contribution in [0.3, 0.4) is 0 Å². The highest BCUT2D eigenvalue weighted by atomic mass is 16.5. The summed E-state index contributed by atoms with van der Waals surface area (Å²) in [4.78, 5) is 11.1. The van der Waals surface area contributed by atoms with E-state index in [9.17, 15) is 0 Å². The summed E-state index contributed by atoms with van der Waals surface area (Å²) < 4.78 is 5.62. The summed E-state index contributed by atoms with van der Waals surface area (Å²) in [5.74, 6) is 1.66. The Bertz CT molecular complexity index is 423. The van der Waals surface area contributed by atoms with Crippen molar-refractivity contribution in [2.45, 2.75) is 32.3 Å². The van der Waals surface area contributed by atoms with Gasteiger partial charge in [0.2, 0.25) is 5.95 Å². The summed E-state index contributed by atoms with van der Waals surface area (Å²) in [5, 5.41) is 3.00. The maximum Gasteiger partial charge on any atom is 0.224 e. The third kappa shape index (κ3) is 2.72. The van der Waals surface area contributed by atoms with Crippen LogP contribution in [0.25, 0.3) is 0 Å². The normalized spacial score (nSPS) is 24.1. The minimum absolute atomic E-state index is 0.0725. The molecular weight excluding hydrogens is 228 g/mol. The second-order valence-corrected chi connectivity index (χ2v) is 5.12. The van der Waals surface area contributed by atoms with Crippen LogP contribution in [-0.4, -0.2) is 42.8 Å². The van der Waals surface area contributed by atoms with Gasteiger partial charge < -0.3 is 15.0 Å². The van der Waals surface area contributed by atoms with Crippen molar-refractivity contribution in [3.8, 4) is 0 Å². The number of ether oxygens (including phenoxy) is 1. The number of aryl methyl sites for hydroxylation is 1. The van der Waals surface area contributed by atoms with Crippen LogP contribution >= 0.6 is 0 Å². The summed E-state index contributed by atoms with van der Waals surface area (Å²) in [5.41, 5.74) is 0.908. The van der Waals surface area contributed by atoms with Gasteiger partial charge in [0, 0.05) is 39.0 Å². The number of anilines is 2. The van der Waals surface area contributed by atoms with Gasteiger partial charge in [-0.25, -0.2) is 4.98 Å². The van der Waals surface area contributed by atoms with Crippen molar-refractivity contribution in [1.82, 2.24) is 9.97 Å². The van der Waals surface area contributed by atoms with Gasteiger partial charge in [-0.05, 0) is 26.7 Å². The number of hydrogen-bond donors (Lipinski definition) is 1. The Hall–Kier alpha value is -1.36. The third-order valence-corrected chi connectivity index (χ3v) is 3.54. The van der Waals surface area contributed by atoms with Crippen molar-refractivity contribution in [1.29, 1.82) is 0 Å². The summed E-state index contributed by atoms with van der Waals surface area (Å²) in [6.45, 7) is 6.05. The number of piperidine rings is 1. The van der Waals surface area contributed by atoms with Crippen LogP contribution < -0.4 is 10.2 Å². The van der Waals surface area contributed by atoms with E-state index in [4.69, 9.17) is 4.74 Å². The van der Waals surface area contributed by atoms with E-state index < -0.39 is 0 Å². The quantitative estimate of drug-likeness (QED) is 0.887. The molecule has 100 valence electrons. The first-order valence-corrected chi connectivity index (χ1v) is 6.40. The third-order valence-electron chi connectivity index (χ3n) is 3.54. The van der Waals surface area contributed by atoms with E-state index in [1.165, 1.54) is 0 Å². The lowest BCUT2D eigenvalue weighted by Crippen LogP contribution is -2.47. The molecule has 18 heavy (non-hydrogen) atoms. The Balaban J connectivity index is 2.23. The summed E-state index contributed by atoms with van der Waals surface area (Å²) in [6, 6.07) is 2.03. The van der Waals surface area contributed by atoms with Crippen molar-refractivity contribution >= 4 is 11.8 Å². The molecule has 0 radical (unpaired) electrons. The molecule has 0 aliphatic carbocycles. The average molecular weight is 250 g/mol. The van der Waals surface area contributed by atoms with Gasteiger partial charge in [0.05, 0.1) is 5.60 Å². The lowest BCUT2D eigenvalue weighted by Gasteiger charge is -2.40. The number of rotatable bonds is 3. The topological polar surface area (TPSA) is 50.3 Å². The molecule has 1 aromatic heterocycles. The predicted octanol–water partition coefficient (Wildman–Crippen LogP) is 1.83. The second-order valence-electron chi connectivity index (χ2n) is 5.12. The summed E-state index contributed by atoms with van der Waals surface area (Å²) in [6.07, 6.45) is 2.23. The molecule has 1 saturated heterocycles. The fourth-order valence-corrected chi connectivity index (χ4v) is 2.39. The molecule has 2 rings (SSSR count). The lowest BCUT2D eigenvalue weighted by atomic mass is 9.95. The van der Waals surface area contributed by atoms with Crippen molar-refractivity contribution in [2.24, 2.45) is 0 Å². The zero-order chi connectivity index (χ0) is 13.2. The van der Waals surface area contributed by atoms with Gasteiger partial charge in [-0.15, -0.1) is 0 Å². The largest absolute Gasteiger partial charge is 0.377 e. The molecule has 1 unspecified atom stereocenters. The minimum Gasteiger partial charge on any atom is -0.377 e. The molecule has 5 nitrogen and oxygen atoms in total. The zero-order valence-electron chi connectivity index (χ0n) is 11.7. The van der Waals surface area contributed by atoms with Crippen molar-refractivity contribution in [3.63, 3.8) is 0 Å². The van der Waals surface area contributed by atoms with Gasteiger partial charge in [-0.2, -0.15) is 4.98 Å². The molecule has 5 heteroatoms. The fraction of sp³-hybridized carbons (Fsp3) is 0.692. The van der Waals surface area contributed by atoms with Gasteiger partial charge in [0.15, 0.2) is 0 Å². The average Bonchev–Trinajstić information content (AvgIpc) is 2.38. The Morgan fingerprint density at radius 1 is 1.44 bits per heavy atom. The SMILES string of the molecule is CNc1nc(C)cc(N2CCCC(C)(OC)C2)n1. The van der Waals surface area contributed by atoms with E-state index in [0.717, 1.165) is 37.4 Å². The number of hydrogen-bond acceptors (Lipinski definition) is 5. The van der Waals surface area contributed by atoms with Gasteiger partial charge in [0.1, 0.15) is 5.82 Å². The summed E-state index contributed by atoms with van der Waals surface area (Å²) in [7, 11) is 3.63. The molecule has 1 N–H and O–H groups in total. The van der Waals surface area contributed by atoms with Gasteiger partial charge in [-0.3, -0.25) is 0 Å². The zero-order valence-corrected chi connectivity index (χ0v) is 11.7. The Labute approximate surface area is 109 Å². The standard InChI is InChI=1S/C13H22N4O/c1-10-8-11(16-12(14-3)15-10)17-7-5-6-13(2,9-17)18-4/h8H,5-7,9H2,1-4H3,(H,14,15,16). The van der Waals surface area contributed by atoms with Crippen LogP contribution in [0, 0.1) is 6.92 Å². The van der Waals surface area contributed by atoms with Crippen LogP contribution in [0.4, 0.5) is 11.8 Å².